The number of aromatic amines is 2. The molecule has 0 saturated heterocycles. The molecule has 9 heteroatoms. The van der Waals surface area contributed by atoms with Crippen LogP contribution in [0.1, 0.15) is 44.5 Å². The minimum absolute atomic E-state index is 0.102. The van der Waals surface area contributed by atoms with Gasteiger partial charge < -0.3 is 10.6 Å². The maximum absolute atomic E-state index is 12.5. The maximum atomic E-state index is 12.5. The first-order valence-electron chi connectivity index (χ1n) is 10.9. The third kappa shape index (κ3) is 4.49. The van der Waals surface area contributed by atoms with E-state index in [1.54, 1.807) is 12.3 Å². The molecule has 170 valence electrons. The highest BCUT2D eigenvalue weighted by molar-refractivity contribution is 6.12. The smallest absolute Gasteiger partial charge is 0.276 e. The molecule has 1 atom stereocenters. The van der Waals surface area contributed by atoms with E-state index in [9.17, 15) is 9.59 Å². The van der Waals surface area contributed by atoms with E-state index in [1.807, 2.05) is 62.4 Å². The number of aromatic nitrogens is 4. The fourth-order valence-corrected chi connectivity index (χ4v) is 3.88. The molecule has 4 N–H and O–H groups in total. The van der Waals surface area contributed by atoms with Crippen molar-refractivity contribution in [3.05, 3.63) is 88.4 Å². The zero-order chi connectivity index (χ0) is 23.7. The van der Waals surface area contributed by atoms with Crippen LogP contribution in [-0.2, 0) is 11.2 Å². The predicted octanol–water partition coefficient (Wildman–Crippen LogP) is 4.03. The van der Waals surface area contributed by atoms with Gasteiger partial charge in [0.2, 0.25) is 5.91 Å². The number of rotatable bonds is 6. The van der Waals surface area contributed by atoms with Crippen molar-refractivity contribution < 1.29 is 9.59 Å². The highest BCUT2D eigenvalue weighted by Gasteiger charge is 2.29. The average molecular weight is 454 g/mol. The van der Waals surface area contributed by atoms with E-state index >= 15 is 0 Å². The molecule has 2 aromatic carbocycles. The molecule has 34 heavy (non-hydrogen) atoms. The second-order valence-corrected chi connectivity index (χ2v) is 8.34. The van der Waals surface area contributed by atoms with Crippen molar-refractivity contribution in [3.8, 4) is 0 Å². The van der Waals surface area contributed by atoms with Gasteiger partial charge in [-0.3, -0.25) is 19.8 Å². The normalized spacial score (nSPS) is 14.9. The van der Waals surface area contributed by atoms with Gasteiger partial charge in [0.1, 0.15) is 5.92 Å². The molecule has 1 aliphatic rings. The SMILES string of the molecule is Cc1cc(N=CC2C(=O)Nc3ccc(Cc4ccc(NC(=O)c5cc(C)[nH]n5)cc4)cc32)n[nH]1. The van der Waals surface area contributed by atoms with Crippen LogP contribution in [0.4, 0.5) is 17.2 Å². The lowest BCUT2D eigenvalue weighted by molar-refractivity contribution is -0.115. The molecule has 0 radical (unpaired) electrons. The van der Waals surface area contributed by atoms with Crippen molar-refractivity contribution in [1.29, 1.82) is 0 Å². The van der Waals surface area contributed by atoms with Crippen molar-refractivity contribution >= 4 is 35.2 Å². The lowest BCUT2D eigenvalue weighted by Gasteiger charge is -2.08. The summed E-state index contributed by atoms with van der Waals surface area (Å²) in [5.41, 5.74) is 6.65. The molecule has 4 aromatic rings. The van der Waals surface area contributed by atoms with E-state index in [4.69, 9.17) is 0 Å². The molecular weight excluding hydrogens is 430 g/mol. The van der Waals surface area contributed by atoms with Crippen molar-refractivity contribution in [3.63, 3.8) is 0 Å². The van der Waals surface area contributed by atoms with Gasteiger partial charge in [0, 0.05) is 35.0 Å². The highest BCUT2D eigenvalue weighted by atomic mass is 16.2. The Morgan fingerprint density at radius 3 is 2.44 bits per heavy atom. The number of nitrogens with zero attached hydrogens (tertiary/aromatic N) is 3. The monoisotopic (exact) mass is 453 g/mol. The minimum atomic E-state index is -0.463. The number of anilines is 2. The van der Waals surface area contributed by atoms with Gasteiger partial charge in [0.25, 0.3) is 5.91 Å². The molecule has 5 rings (SSSR count). The Bertz CT molecular complexity index is 1400. The fourth-order valence-electron chi connectivity index (χ4n) is 3.88. The number of aryl methyl sites for hydroxylation is 2. The number of hydrogen-bond donors (Lipinski definition) is 4. The van der Waals surface area contributed by atoms with Gasteiger partial charge in [-0.2, -0.15) is 10.2 Å². The number of benzene rings is 2. The fraction of sp³-hybridized carbons (Fsp3) is 0.160. The van der Waals surface area contributed by atoms with Crippen LogP contribution < -0.4 is 10.6 Å². The first-order valence-corrected chi connectivity index (χ1v) is 10.9. The molecule has 2 amide bonds. The third-order valence-electron chi connectivity index (χ3n) is 5.60. The molecule has 9 nitrogen and oxygen atoms in total. The molecule has 2 aromatic heterocycles. The summed E-state index contributed by atoms with van der Waals surface area (Å²) in [5.74, 6) is -0.277. The molecule has 0 saturated carbocycles. The summed E-state index contributed by atoms with van der Waals surface area (Å²) in [7, 11) is 0. The van der Waals surface area contributed by atoms with E-state index < -0.39 is 5.92 Å². The van der Waals surface area contributed by atoms with E-state index in [1.165, 1.54) is 0 Å². The van der Waals surface area contributed by atoms with Crippen LogP contribution >= 0.6 is 0 Å². The molecule has 0 fully saturated rings. The summed E-state index contributed by atoms with van der Waals surface area (Å²) in [4.78, 5) is 29.1. The van der Waals surface area contributed by atoms with Crippen LogP contribution in [0.15, 0.2) is 59.6 Å². The quantitative estimate of drug-likeness (QED) is 0.329. The molecule has 3 heterocycles. The Hall–Kier alpha value is -4.53. The van der Waals surface area contributed by atoms with Crippen LogP contribution in [0.5, 0.6) is 0 Å². The molecule has 1 aliphatic heterocycles. The van der Waals surface area contributed by atoms with Gasteiger partial charge in [-0.1, -0.05) is 24.3 Å². The van der Waals surface area contributed by atoms with E-state index in [0.29, 0.717) is 23.6 Å². The van der Waals surface area contributed by atoms with Crippen molar-refractivity contribution in [2.24, 2.45) is 4.99 Å². The minimum Gasteiger partial charge on any atom is -0.325 e. The zero-order valence-corrected chi connectivity index (χ0v) is 18.7. The Balaban J connectivity index is 1.28. The Labute approximate surface area is 195 Å². The van der Waals surface area contributed by atoms with Crippen LogP contribution in [0.3, 0.4) is 0 Å². The lowest BCUT2D eigenvalue weighted by atomic mass is 9.96. The zero-order valence-electron chi connectivity index (χ0n) is 18.7. The number of hydrogen-bond acceptors (Lipinski definition) is 5. The van der Waals surface area contributed by atoms with Gasteiger partial charge in [0.05, 0.1) is 0 Å². The average Bonchev–Trinajstić information content (AvgIpc) is 3.52. The van der Waals surface area contributed by atoms with Crippen LogP contribution in [0.2, 0.25) is 0 Å². The molecule has 0 bridgehead atoms. The van der Waals surface area contributed by atoms with Gasteiger partial charge in [-0.25, -0.2) is 4.99 Å². The van der Waals surface area contributed by atoms with Crippen LogP contribution in [0, 0.1) is 13.8 Å². The second kappa shape index (κ2) is 8.78. The topological polar surface area (TPSA) is 128 Å². The summed E-state index contributed by atoms with van der Waals surface area (Å²) >= 11 is 0. The summed E-state index contributed by atoms with van der Waals surface area (Å²) in [6, 6.07) is 17.2. The first-order chi connectivity index (χ1) is 16.4. The number of nitrogens with one attached hydrogen (secondary N) is 4. The van der Waals surface area contributed by atoms with Crippen LogP contribution in [0.25, 0.3) is 0 Å². The van der Waals surface area contributed by atoms with Gasteiger partial charge in [-0.15, -0.1) is 0 Å². The van der Waals surface area contributed by atoms with Crippen molar-refractivity contribution in [2.45, 2.75) is 26.2 Å². The number of amides is 2. The Morgan fingerprint density at radius 1 is 1.00 bits per heavy atom. The van der Waals surface area contributed by atoms with E-state index in [2.05, 4.69) is 36.0 Å². The number of fused-ring (bicyclic) bond motifs is 1. The summed E-state index contributed by atoms with van der Waals surface area (Å²) in [6.07, 6.45) is 2.33. The molecule has 0 spiro atoms. The molecular formula is C25H23N7O2. The summed E-state index contributed by atoms with van der Waals surface area (Å²) < 4.78 is 0. The summed E-state index contributed by atoms with van der Waals surface area (Å²) in [5, 5.41) is 19.4. The number of carbonyl (C=O) groups excluding carboxylic acids is 2. The first kappa shape index (κ1) is 21.3. The van der Waals surface area contributed by atoms with Crippen molar-refractivity contribution in [1.82, 2.24) is 20.4 Å². The summed E-state index contributed by atoms with van der Waals surface area (Å²) in [6.45, 7) is 3.75. The largest absolute Gasteiger partial charge is 0.325 e. The number of aliphatic imine (C=N–C) groups is 1. The molecule has 1 unspecified atom stereocenters. The van der Waals surface area contributed by atoms with E-state index in [-0.39, 0.29) is 11.8 Å². The van der Waals surface area contributed by atoms with Crippen molar-refractivity contribution in [2.75, 3.05) is 10.6 Å². The number of H-pyrrole nitrogens is 2. The van der Waals surface area contributed by atoms with Crippen LogP contribution in [-0.4, -0.2) is 38.4 Å². The second-order valence-electron chi connectivity index (χ2n) is 8.34. The van der Waals surface area contributed by atoms with E-state index in [0.717, 1.165) is 33.8 Å². The maximum Gasteiger partial charge on any atom is 0.276 e. The number of carbonyl (C=O) groups is 2. The highest BCUT2D eigenvalue weighted by Crippen LogP contribution is 2.33. The van der Waals surface area contributed by atoms with Gasteiger partial charge in [0.15, 0.2) is 11.5 Å². The predicted molar refractivity (Wildman–Crippen MR) is 130 cm³/mol. The molecule has 0 aliphatic carbocycles. The Morgan fingerprint density at radius 2 is 1.74 bits per heavy atom. The lowest BCUT2D eigenvalue weighted by Crippen LogP contribution is -2.12. The van der Waals surface area contributed by atoms with Gasteiger partial charge in [-0.05, 0) is 61.2 Å². The van der Waals surface area contributed by atoms with Gasteiger partial charge >= 0.3 is 0 Å². The standard InChI is InChI=1S/C25H23N7O2/c1-14-9-22(31-29-14)25(34)27-18-6-3-16(4-7-18)11-17-5-8-21-19(12-17)20(24(33)28-21)13-26-23-10-15(2)30-32-23/h3-10,12-13,20H,11H2,1-2H3,(H,27,34)(H,28,33)(H,29,31)(H,30,32). The third-order valence-corrected chi connectivity index (χ3v) is 5.60. The Kier molecular flexibility index (Phi) is 5.51.